The molecule has 2 fully saturated rings. The number of rotatable bonds is 9. The molecule has 0 spiro atoms. The molecule has 2 aromatic carbocycles. The summed E-state index contributed by atoms with van der Waals surface area (Å²) in [6, 6.07) is 15.1. The van der Waals surface area contributed by atoms with E-state index in [2.05, 4.69) is 10.2 Å². The predicted molar refractivity (Wildman–Crippen MR) is 138 cm³/mol. The molecule has 1 unspecified atom stereocenters. The molecule has 1 heterocycles. The van der Waals surface area contributed by atoms with Gasteiger partial charge in [-0.15, -0.1) is 0 Å². The van der Waals surface area contributed by atoms with Crippen molar-refractivity contribution in [2.75, 3.05) is 25.1 Å². The number of piperidine rings is 1. The number of carbonyl (C=O) groups excluding carboxylic acids is 1. The van der Waals surface area contributed by atoms with E-state index in [0.717, 1.165) is 55.8 Å². The molecule has 35 heavy (non-hydrogen) atoms. The van der Waals surface area contributed by atoms with Gasteiger partial charge in [-0.25, -0.2) is 0 Å². The highest BCUT2D eigenvalue weighted by molar-refractivity contribution is 5.76. The predicted octanol–water partition coefficient (Wildman–Crippen LogP) is 5.52. The molecule has 1 amide bonds. The molecule has 1 saturated carbocycles. The van der Waals surface area contributed by atoms with Crippen LogP contribution in [0.5, 0.6) is 5.75 Å². The molecule has 1 aliphatic carbocycles. The molecule has 1 saturated heterocycles. The molecule has 1 N–H and O–H groups in total. The maximum absolute atomic E-state index is 12.8. The zero-order chi connectivity index (χ0) is 24.6. The summed E-state index contributed by atoms with van der Waals surface area (Å²) in [5.41, 5.74) is 2.34. The number of amides is 1. The van der Waals surface area contributed by atoms with Gasteiger partial charge in [0.05, 0.1) is 12.0 Å². The average molecular weight is 480 g/mol. The molecule has 0 radical (unpaired) electrons. The van der Waals surface area contributed by atoms with Gasteiger partial charge in [0, 0.05) is 43.4 Å². The minimum Gasteiger partial charge on any atom is -0.497 e. The Balaban J connectivity index is 1.29. The molecule has 2 aromatic rings. The van der Waals surface area contributed by atoms with E-state index >= 15 is 0 Å². The van der Waals surface area contributed by atoms with Crippen molar-refractivity contribution in [1.82, 2.24) is 5.32 Å². The van der Waals surface area contributed by atoms with Gasteiger partial charge in [0.1, 0.15) is 5.75 Å². The number of aryl methyl sites for hydroxylation is 1. The smallest absolute Gasteiger partial charge is 0.269 e. The fraction of sp³-hybridized carbons (Fsp3) is 0.536. The normalized spacial score (nSPS) is 22.4. The number of hydrogen-bond acceptors (Lipinski definition) is 5. The van der Waals surface area contributed by atoms with Gasteiger partial charge < -0.3 is 15.0 Å². The van der Waals surface area contributed by atoms with Gasteiger partial charge in [0.2, 0.25) is 5.91 Å². The van der Waals surface area contributed by atoms with Crippen molar-refractivity contribution < 1.29 is 14.5 Å². The van der Waals surface area contributed by atoms with E-state index in [1.807, 2.05) is 36.4 Å². The molecule has 7 nitrogen and oxygen atoms in total. The second kappa shape index (κ2) is 12.0. The van der Waals surface area contributed by atoms with E-state index in [4.69, 9.17) is 4.74 Å². The third-order valence-electron chi connectivity index (χ3n) is 7.64. The van der Waals surface area contributed by atoms with Crippen LogP contribution in [0.3, 0.4) is 0 Å². The van der Waals surface area contributed by atoms with Crippen LogP contribution in [0.2, 0.25) is 0 Å². The lowest BCUT2D eigenvalue weighted by Crippen LogP contribution is -2.44. The number of carbonyl (C=O) groups is 1. The first-order valence-electron chi connectivity index (χ1n) is 12.9. The summed E-state index contributed by atoms with van der Waals surface area (Å²) in [4.78, 5) is 25.7. The van der Waals surface area contributed by atoms with Crippen LogP contribution in [-0.4, -0.2) is 37.1 Å². The Hall–Kier alpha value is -3.09. The van der Waals surface area contributed by atoms with E-state index in [1.165, 1.54) is 25.7 Å². The van der Waals surface area contributed by atoms with Gasteiger partial charge in [0.25, 0.3) is 5.69 Å². The number of benzene rings is 2. The number of nitrogens with zero attached hydrogens (tertiary/aromatic N) is 2. The average Bonchev–Trinajstić information content (AvgIpc) is 2.89. The molecule has 1 aliphatic heterocycles. The van der Waals surface area contributed by atoms with E-state index in [-0.39, 0.29) is 22.6 Å². The second-order valence-corrected chi connectivity index (χ2v) is 10.0. The minimum atomic E-state index is -0.350. The van der Waals surface area contributed by atoms with Crippen LogP contribution < -0.4 is 15.0 Å². The van der Waals surface area contributed by atoms with Gasteiger partial charge in [-0.2, -0.15) is 0 Å². The third-order valence-corrected chi connectivity index (χ3v) is 7.64. The highest BCUT2D eigenvalue weighted by Crippen LogP contribution is 2.34. The number of nitro benzene ring substituents is 1. The van der Waals surface area contributed by atoms with Crippen molar-refractivity contribution in [2.24, 2.45) is 11.8 Å². The molecule has 4 rings (SSSR count). The number of nitro groups is 1. The molecular weight excluding hydrogens is 442 g/mol. The van der Waals surface area contributed by atoms with Crippen LogP contribution in [0.15, 0.2) is 48.5 Å². The second-order valence-electron chi connectivity index (χ2n) is 10.0. The van der Waals surface area contributed by atoms with Gasteiger partial charge in [0.15, 0.2) is 0 Å². The van der Waals surface area contributed by atoms with Crippen molar-refractivity contribution in [3.05, 3.63) is 64.2 Å². The molecule has 7 heteroatoms. The third kappa shape index (κ3) is 6.96. The van der Waals surface area contributed by atoms with Crippen LogP contribution in [0.25, 0.3) is 0 Å². The lowest BCUT2D eigenvalue weighted by Gasteiger charge is -2.39. The largest absolute Gasteiger partial charge is 0.497 e. The maximum Gasteiger partial charge on any atom is 0.269 e. The first-order valence-corrected chi connectivity index (χ1v) is 12.9. The van der Waals surface area contributed by atoms with Gasteiger partial charge in [-0.3, -0.25) is 14.9 Å². The number of ether oxygens (including phenoxy) is 1. The summed E-state index contributed by atoms with van der Waals surface area (Å²) in [6.07, 6.45) is 9.38. The first kappa shape index (κ1) is 25.0. The summed E-state index contributed by atoms with van der Waals surface area (Å²) >= 11 is 0. The molecule has 3 atom stereocenters. The zero-order valence-electron chi connectivity index (χ0n) is 20.7. The highest BCUT2D eigenvalue weighted by atomic mass is 16.6. The maximum atomic E-state index is 12.8. The van der Waals surface area contributed by atoms with Gasteiger partial charge >= 0.3 is 0 Å². The Morgan fingerprint density at radius 1 is 1.06 bits per heavy atom. The van der Waals surface area contributed by atoms with Crippen molar-refractivity contribution in [2.45, 2.75) is 63.8 Å². The number of anilines is 1. The SMILES string of the molecule is COc1ccc(CCC(=O)N[C@@H]2CCCC[C@H]2CC2CCCN(c3ccc([N+](=O)[O-])cc3)C2)cc1. The summed E-state index contributed by atoms with van der Waals surface area (Å²) in [7, 11) is 1.66. The number of hydrogen-bond donors (Lipinski definition) is 1. The fourth-order valence-corrected chi connectivity index (χ4v) is 5.71. The Bertz CT molecular complexity index is 977. The molecule has 0 bridgehead atoms. The van der Waals surface area contributed by atoms with E-state index in [0.29, 0.717) is 18.3 Å². The summed E-state index contributed by atoms with van der Waals surface area (Å²) < 4.78 is 5.21. The molecule has 188 valence electrons. The lowest BCUT2D eigenvalue weighted by atomic mass is 9.77. The van der Waals surface area contributed by atoms with E-state index in [1.54, 1.807) is 19.2 Å². The summed E-state index contributed by atoms with van der Waals surface area (Å²) in [5.74, 6) is 2.09. The van der Waals surface area contributed by atoms with E-state index in [9.17, 15) is 14.9 Å². The lowest BCUT2D eigenvalue weighted by molar-refractivity contribution is -0.384. The topological polar surface area (TPSA) is 84.7 Å². The number of nitrogens with one attached hydrogen (secondary N) is 1. The molecular formula is C28H37N3O4. The highest BCUT2D eigenvalue weighted by Gasteiger charge is 2.30. The van der Waals surface area contributed by atoms with Gasteiger partial charge in [-0.05, 0) is 80.2 Å². The Kier molecular flexibility index (Phi) is 8.61. The van der Waals surface area contributed by atoms with Crippen molar-refractivity contribution in [3.8, 4) is 5.75 Å². The molecule has 2 aliphatic rings. The van der Waals surface area contributed by atoms with Crippen LogP contribution in [0, 0.1) is 22.0 Å². The van der Waals surface area contributed by atoms with Crippen molar-refractivity contribution in [1.29, 1.82) is 0 Å². The zero-order valence-corrected chi connectivity index (χ0v) is 20.7. The Labute approximate surface area is 208 Å². The number of methoxy groups -OCH3 is 1. The van der Waals surface area contributed by atoms with Crippen molar-refractivity contribution >= 4 is 17.3 Å². The molecule has 0 aromatic heterocycles. The van der Waals surface area contributed by atoms with E-state index < -0.39 is 0 Å². The Morgan fingerprint density at radius 2 is 1.80 bits per heavy atom. The van der Waals surface area contributed by atoms with Crippen LogP contribution >= 0.6 is 0 Å². The monoisotopic (exact) mass is 479 g/mol. The fourth-order valence-electron chi connectivity index (χ4n) is 5.71. The standard InChI is InChI=1S/C28H37N3O4/c1-35-26-15-8-21(9-16-26)10-17-28(32)29-27-7-3-2-6-23(27)19-22-5-4-18-30(20-22)24-11-13-25(14-12-24)31(33)34/h8-9,11-16,22-23,27H,2-7,10,17-20H2,1H3,(H,29,32)/t22?,23-,27+/m0/s1. The quantitative estimate of drug-likeness (QED) is 0.378. The van der Waals surface area contributed by atoms with Crippen molar-refractivity contribution in [3.63, 3.8) is 0 Å². The van der Waals surface area contributed by atoms with Gasteiger partial charge in [-0.1, -0.05) is 25.0 Å². The number of non-ortho nitro benzene ring substituents is 1. The Morgan fingerprint density at radius 3 is 2.51 bits per heavy atom. The van der Waals surface area contributed by atoms with Crippen LogP contribution in [0.1, 0.15) is 56.9 Å². The van der Waals surface area contributed by atoms with Crippen LogP contribution in [-0.2, 0) is 11.2 Å². The summed E-state index contributed by atoms with van der Waals surface area (Å²) in [6.45, 7) is 1.97. The summed E-state index contributed by atoms with van der Waals surface area (Å²) in [5, 5.41) is 14.3. The van der Waals surface area contributed by atoms with Crippen LogP contribution in [0.4, 0.5) is 11.4 Å². The minimum absolute atomic E-state index is 0.134. The first-order chi connectivity index (χ1) is 17.0.